The normalized spacial score (nSPS) is 27.3. The second-order valence-corrected chi connectivity index (χ2v) is 3.89. The summed E-state index contributed by atoms with van der Waals surface area (Å²) in [5.41, 5.74) is 5.26. The first kappa shape index (κ1) is 11.8. The van der Waals surface area contributed by atoms with E-state index in [1.807, 2.05) is 0 Å². The van der Waals surface area contributed by atoms with E-state index in [0.29, 0.717) is 19.0 Å². The number of hydrogen-bond donors (Lipinski definition) is 3. The van der Waals surface area contributed by atoms with Crippen molar-refractivity contribution in [2.45, 2.75) is 44.2 Å². The second kappa shape index (κ2) is 6.27. The van der Waals surface area contributed by atoms with Crippen molar-refractivity contribution in [1.29, 1.82) is 0 Å². The van der Waals surface area contributed by atoms with Crippen molar-refractivity contribution in [2.75, 3.05) is 6.54 Å². The van der Waals surface area contributed by atoms with Gasteiger partial charge in [-0.1, -0.05) is 12.8 Å². The first-order valence-electron chi connectivity index (χ1n) is 5.05. The Morgan fingerprint density at radius 3 is 2.57 bits per heavy atom. The Labute approximate surface area is 90.1 Å². The maximum atomic E-state index is 11.1. The van der Waals surface area contributed by atoms with E-state index in [1.54, 1.807) is 0 Å². The van der Waals surface area contributed by atoms with Gasteiger partial charge < -0.3 is 10.5 Å². The maximum absolute atomic E-state index is 11.1. The van der Waals surface area contributed by atoms with Crippen LogP contribution in [0.2, 0.25) is 0 Å². The lowest BCUT2D eigenvalue weighted by Gasteiger charge is -2.27. The molecule has 0 aromatic rings. The van der Waals surface area contributed by atoms with Crippen LogP contribution < -0.4 is 10.5 Å². The van der Waals surface area contributed by atoms with E-state index >= 15 is 0 Å². The van der Waals surface area contributed by atoms with Gasteiger partial charge in [0.2, 0.25) is 0 Å². The molecule has 0 atom stereocenters. The SMILES string of the molecule is NCCC(=O)OC1CCC(NS)CC1. The fourth-order valence-corrected chi connectivity index (χ4v) is 1.93. The minimum Gasteiger partial charge on any atom is -0.462 e. The van der Waals surface area contributed by atoms with E-state index in [4.69, 9.17) is 10.5 Å². The molecule has 1 fully saturated rings. The third-order valence-corrected chi connectivity index (χ3v) is 2.87. The Morgan fingerprint density at radius 1 is 1.43 bits per heavy atom. The van der Waals surface area contributed by atoms with E-state index in [2.05, 4.69) is 17.5 Å². The zero-order valence-electron chi connectivity index (χ0n) is 8.24. The Bertz CT molecular complexity index is 182. The monoisotopic (exact) mass is 218 g/mol. The molecule has 1 saturated carbocycles. The number of nitrogens with two attached hydrogens (primary N) is 1. The third kappa shape index (κ3) is 3.86. The van der Waals surface area contributed by atoms with E-state index in [0.717, 1.165) is 25.7 Å². The Morgan fingerprint density at radius 2 is 2.07 bits per heavy atom. The summed E-state index contributed by atoms with van der Waals surface area (Å²) in [4.78, 5) is 11.1. The van der Waals surface area contributed by atoms with Crippen LogP contribution in [0.4, 0.5) is 0 Å². The lowest BCUT2D eigenvalue weighted by atomic mass is 9.94. The molecule has 3 N–H and O–H groups in total. The standard InChI is InChI=1S/C9H18N2O2S/c10-6-5-9(12)13-8-3-1-7(11-14)2-4-8/h7-8,11,14H,1-6,10H2. The molecule has 0 radical (unpaired) electrons. The number of carbonyl (C=O) groups is 1. The highest BCUT2D eigenvalue weighted by atomic mass is 32.1. The van der Waals surface area contributed by atoms with Gasteiger partial charge >= 0.3 is 5.97 Å². The predicted octanol–water partition coefficient (Wildman–Crippen LogP) is 0.624. The molecule has 0 amide bonds. The summed E-state index contributed by atoms with van der Waals surface area (Å²) >= 11 is 4.02. The van der Waals surface area contributed by atoms with Gasteiger partial charge in [0.05, 0.1) is 6.42 Å². The number of carbonyl (C=O) groups excluding carboxylic acids is 1. The second-order valence-electron chi connectivity index (χ2n) is 3.63. The summed E-state index contributed by atoms with van der Waals surface area (Å²) in [6, 6.07) is 0.461. The number of esters is 1. The van der Waals surface area contributed by atoms with Gasteiger partial charge in [0.1, 0.15) is 6.10 Å². The number of rotatable bonds is 4. The first-order valence-corrected chi connectivity index (χ1v) is 5.50. The molecule has 82 valence electrons. The number of nitrogens with one attached hydrogen (secondary N) is 1. The molecule has 1 rings (SSSR count). The molecule has 0 aromatic carbocycles. The summed E-state index contributed by atoms with van der Waals surface area (Å²) < 4.78 is 8.19. The molecule has 0 heterocycles. The third-order valence-electron chi connectivity index (χ3n) is 2.50. The van der Waals surface area contributed by atoms with Crippen LogP contribution in [0, 0.1) is 0 Å². The molecular weight excluding hydrogens is 200 g/mol. The fraction of sp³-hybridized carbons (Fsp3) is 0.889. The molecule has 14 heavy (non-hydrogen) atoms. The zero-order chi connectivity index (χ0) is 10.4. The van der Waals surface area contributed by atoms with Crippen LogP contribution in [-0.2, 0) is 9.53 Å². The van der Waals surface area contributed by atoms with Crippen LogP contribution in [0.1, 0.15) is 32.1 Å². The molecule has 0 aromatic heterocycles. The summed E-state index contributed by atoms with van der Waals surface area (Å²) in [6.07, 6.45) is 4.30. The van der Waals surface area contributed by atoms with E-state index < -0.39 is 0 Å². The summed E-state index contributed by atoms with van der Waals surface area (Å²) in [5, 5.41) is 0. The number of ether oxygens (including phenoxy) is 1. The van der Waals surface area contributed by atoms with Crippen LogP contribution in [0.5, 0.6) is 0 Å². The van der Waals surface area contributed by atoms with Gasteiger partial charge in [-0.2, -0.15) is 0 Å². The number of thiol groups is 1. The summed E-state index contributed by atoms with van der Waals surface area (Å²) in [7, 11) is 0. The van der Waals surface area contributed by atoms with Crippen LogP contribution in [-0.4, -0.2) is 24.7 Å². The Hall–Kier alpha value is -0.260. The van der Waals surface area contributed by atoms with Crippen molar-refractivity contribution in [2.24, 2.45) is 5.73 Å². The highest BCUT2D eigenvalue weighted by molar-refractivity contribution is 7.78. The van der Waals surface area contributed by atoms with Crippen LogP contribution in [0.25, 0.3) is 0 Å². The number of hydrogen-bond acceptors (Lipinski definition) is 5. The van der Waals surface area contributed by atoms with Gasteiger partial charge in [-0.3, -0.25) is 9.52 Å². The molecule has 0 aliphatic heterocycles. The predicted molar refractivity (Wildman–Crippen MR) is 57.9 cm³/mol. The molecule has 5 heteroatoms. The maximum Gasteiger partial charge on any atom is 0.307 e. The zero-order valence-corrected chi connectivity index (χ0v) is 9.13. The van der Waals surface area contributed by atoms with Crippen LogP contribution in [0.3, 0.4) is 0 Å². The van der Waals surface area contributed by atoms with Crippen LogP contribution >= 0.6 is 12.8 Å². The van der Waals surface area contributed by atoms with E-state index in [9.17, 15) is 4.79 Å². The first-order chi connectivity index (χ1) is 6.76. The molecule has 0 spiro atoms. The average molecular weight is 218 g/mol. The van der Waals surface area contributed by atoms with Crippen molar-refractivity contribution >= 4 is 18.8 Å². The van der Waals surface area contributed by atoms with E-state index in [1.165, 1.54) is 0 Å². The van der Waals surface area contributed by atoms with Crippen molar-refractivity contribution in [1.82, 2.24) is 4.72 Å². The van der Waals surface area contributed by atoms with Crippen LogP contribution in [0.15, 0.2) is 0 Å². The molecule has 0 bridgehead atoms. The fourth-order valence-electron chi connectivity index (χ4n) is 1.67. The minimum absolute atomic E-state index is 0.0898. The molecule has 0 unspecified atom stereocenters. The van der Waals surface area contributed by atoms with Gasteiger partial charge in [0, 0.05) is 12.6 Å². The highest BCUT2D eigenvalue weighted by Gasteiger charge is 2.22. The highest BCUT2D eigenvalue weighted by Crippen LogP contribution is 2.21. The van der Waals surface area contributed by atoms with Crippen molar-refractivity contribution in [3.05, 3.63) is 0 Å². The van der Waals surface area contributed by atoms with Crippen molar-refractivity contribution in [3.63, 3.8) is 0 Å². The van der Waals surface area contributed by atoms with Gasteiger partial charge in [-0.15, -0.1) is 0 Å². The smallest absolute Gasteiger partial charge is 0.307 e. The van der Waals surface area contributed by atoms with Gasteiger partial charge in [0.25, 0.3) is 0 Å². The lowest BCUT2D eigenvalue weighted by molar-refractivity contribution is -0.150. The topological polar surface area (TPSA) is 64.4 Å². The van der Waals surface area contributed by atoms with Gasteiger partial charge in [-0.25, -0.2) is 0 Å². The molecule has 1 aliphatic carbocycles. The van der Waals surface area contributed by atoms with Gasteiger partial charge in [-0.05, 0) is 25.7 Å². The van der Waals surface area contributed by atoms with Gasteiger partial charge in [0.15, 0.2) is 0 Å². The molecular formula is C9H18N2O2S. The van der Waals surface area contributed by atoms with Crippen molar-refractivity contribution < 1.29 is 9.53 Å². The minimum atomic E-state index is -0.171. The Kier molecular flexibility index (Phi) is 5.29. The van der Waals surface area contributed by atoms with Crippen molar-refractivity contribution in [3.8, 4) is 0 Å². The summed E-state index contributed by atoms with van der Waals surface area (Å²) in [5.74, 6) is -0.171. The quantitative estimate of drug-likeness (QED) is 0.478. The average Bonchev–Trinajstić information content (AvgIpc) is 2.19. The lowest BCUT2D eigenvalue weighted by Crippen LogP contribution is -2.32. The largest absolute Gasteiger partial charge is 0.462 e. The molecule has 1 aliphatic rings. The Balaban J connectivity index is 2.18. The molecule has 4 nitrogen and oxygen atoms in total. The van der Waals surface area contributed by atoms with E-state index in [-0.39, 0.29) is 12.1 Å². The molecule has 0 saturated heterocycles. The summed E-state index contributed by atoms with van der Waals surface area (Å²) in [6.45, 7) is 0.367.